The molecule has 148 valence electrons. The van der Waals surface area contributed by atoms with Gasteiger partial charge in [0.1, 0.15) is 5.75 Å². The molecular weight excluding hydrogens is 338 g/mol. The van der Waals surface area contributed by atoms with Crippen LogP contribution in [0.4, 0.5) is 0 Å². The van der Waals surface area contributed by atoms with Gasteiger partial charge in [0, 0.05) is 19.0 Å². The first-order chi connectivity index (χ1) is 13.0. The van der Waals surface area contributed by atoms with E-state index in [9.17, 15) is 9.90 Å². The second kappa shape index (κ2) is 7.12. The maximum absolute atomic E-state index is 13.8. The van der Waals surface area contributed by atoms with Crippen LogP contribution in [0.15, 0.2) is 24.3 Å². The highest BCUT2D eigenvalue weighted by atomic mass is 16.5. The third-order valence-electron chi connectivity index (χ3n) is 7.72. The monoisotopic (exact) mass is 371 g/mol. The Morgan fingerprint density at radius 3 is 2.48 bits per heavy atom. The largest absolute Gasteiger partial charge is 0.497 e. The number of methoxy groups -OCH3 is 1. The number of hydrogen-bond acceptors (Lipinski definition) is 3. The lowest BCUT2D eigenvalue weighted by Gasteiger charge is -2.40. The molecule has 4 heteroatoms. The molecule has 0 radical (unpaired) electrons. The number of ether oxygens (including phenoxy) is 1. The van der Waals surface area contributed by atoms with Crippen molar-refractivity contribution < 1.29 is 14.6 Å². The predicted molar refractivity (Wildman–Crippen MR) is 106 cm³/mol. The Kier molecular flexibility index (Phi) is 4.96. The summed E-state index contributed by atoms with van der Waals surface area (Å²) < 4.78 is 5.30. The molecule has 1 aromatic rings. The average molecular weight is 372 g/mol. The minimum Gasteiger partial charge on any atom is -0.497 e. The van der Waals surface area contributed by atoms with Gasteiger partial charge < -0.3 is 14.7 Å². The molecule has 0 spiro atoms. The highest BCUT2D eigenvalue weighted by Crippen LogP contribution is 2.48. The average Bonchev–Trinajstić information content (AvgIpc) is 3.36. The summed E-state index contributed by atoms with van der Waals surface area (Å²) in [6, 6.07) is 8.10. The van der Waals surface area contributed by atoms with Gasteiger partial charge in [-0.15, -0.1) is 0 Å². The summed E-state index contributed by atoms with van der Waals surface area (Å²) in [5.41, 5.74) is 0.164. The summed E-state index contributed by atoms with van der Waals surface area (Å²) in [5, 5.41) is 11.1. The Balaban J connectivity index is 1.60. The van der Waals surface area contributed by atoms with Gasteiger partial charge in [0.15, 0.2) is 0 Å². The molecule has 0 bridgehead atoms. The Hall–Kier alpha value is -1.55. The van der Waals surface area contributed by atoms with Crippen LogP contribution in [0.3, 0.4) is 0 Å². The van der Waals surface area contributed by atoms with E-state index in [0.717, 1.165) is 75.8 Å². The zero-order valence-corrected chi connectivity index (χ0v) is 16.7. The van der Waals surface area contributed by atoms with Crippen LogP contribution in [0.1, 0.15) is 63.9 Å². The molecule has 3 atom stereocenters. The topological polar surface area (TPSA) is 49.8 Å². The van der Waals surface area contributed by atoms with E-state index < -0.39 is 5.60 Å². The van der Waals surface area contributed by atoms with Crippen molar-refractivity contribution in [3.8, 4) is 5.75 Å². The van der Waals surface area contributed by atoms with Crippen molar-refractivity contribution in [1.82, 2.24) is 4.90 Å². The van der Waals surface area contributed by atoms with Gasteiger partial charge in [0.25, 0.3) is 0 Å². The number of benzene rings is 1. The van der Waals surface area contributed by atoms with Crippen LogP contribution in [-0.2, 0) is 10.2 Å². The zero-order chi connectivity index (χ0) is 19.1. The second-order valence-electron chi connectivity index (χ2n) is 8.94. The summed E-state index contributed by atoms with van der Waals surface area (Å²) in [4.78, 5) is 15.9. The van der Waals surface area contributed by atoms with Gasteiger partial charge in [-0.1, -0.05) is 38.3 Å². The van der Waals surface area contributed by atoms with E-state index in [1.165, 1.54) is 0 Å². The van der Waals surface area contributed by atoms with Gasteiger partial charge in [-0.3, -0.25) is 4.79 Å². The zero-order valence-electron chi connectivity index (χ0n) is 16.7. The Labute approximate surface area is 162 Å². The molecule has 0 aromatic heterocycles. The number of fused-ring (bicyclic) bond motifs is 1. The molecule has 1 N–H and O–H groups in total. The van der Waals surface area contributed by atoms with Crippen molar-refractivity contribution in [2.75, 3.05) is 20.2 Å². The summed E-state index contributed by atoms with van der Waals surface area (Å²) in [6.45, 7) is 3.64. The Morgan fingerprint density at radius 1 is 1.15 bits per heavy atom. The number of carbonyl (C=O) groups is 1. The fourth-order valence-corrected chi connectivity index (χ4v) is 6.05. The van der Waals surface area contributed by atoms with Gasteiger partial charge in [0.2, 0.25) is 5.91 Å². The molecule has 3 fully saturated rings. The number of rotatable bonds is 4. The molecule has 2 saturated carbocycles. The fourth-order valence-electron chi connectivity index (χ4n) is 6.05. The quantitative estimate of drug-likeness (QED) is 0.873. The number of carbonyl (C=O) groups excluding carboxylic acids is 1. The summed E-state index contributed by atoms with van der Waals surface area (Å²) in [5.74, 6) is 1.83. The molecular formula is C23H33NO3. The molecule has 3 aliphatic rings. The molecule has 1 saturated heterocycles. The number of likely N-dealkylation sites (tertiary alicyclic amines) is 1. The van der Waals surface area contributed by atoms with Crippen molar-refractivity contribution in [2.24, 2.45) is 11.8 Å². The molecule has 27 heavy (non-hydrogen) atoms. The molecule has 1 aromatic carbocycles. The normalized spacial score (nSPS) is 32.3. The highest BCUT2D eigenvalue weighted by molar-refractivity contribution is 5.89. The Morgan fingerprint density at radius 2 is 1.85 bits per heavy atom. The molecule has 4 rings (SSSR count). The third kappa shape index (κ3) is 3.06. The van der Waals surface area contributed by atoms with Crippen LogP contribution >= 0.6 is 0 Å². The third-order valence-corrected chi connectivity index (χ3v) is 7.72. The van der Waals surface area contributed by atoms with E-state index >= 15 is 0 Å². The van der Waals surface area contributed by atoms with Crippen LogP contribution in [0, 0.1) is 11.8 Å². The number of amides is 1. The minimum atomic E-state index is -0.582. The number of aliphatic hydroxyl groups is 1. The van der Waals surface area contributed by atoms with Crippen molar-refractivity contribution in [3.05, 3.63) is 29.8 Å². The van der Waals surface area contributed by atoms with E-state index in [1.807, 2.05) is 12.1 Å². The van der Waals surface area contributed by atoms with Gasteiger partial charge in [-0.25, -0.2) is 0 Å². The van der Waals surface area contributed by atoms with Gasteiger partial charge >= 0.3 is 0 Å². The number of nitrogens with zero attached hydrogens (tertiary/aromatic N) is 1. The van der Waals surface area contributed by atoms with E-state index in [0.29, 0.717) is 5.92 Å². The maximum atomic E-state index is 13.8. The maximum Gasteiger partial charge on any atom is 0.233 e. The molecule has 1 amide bonds. The van der Waals surface area contributed by atoms with Crippen LogP contribution in [0.5, 0.6) is 5.75 Å². The van der Waals surface area contributed by atoms with Crippen molar-refractivity contribution in [2.45, 2.75) is 69.3 Å². The minimum absolute atomic E-state index is 0.245. The van der Waals surface area contributed by atoms with E-state index in [4.69, 9.17) is 4.74 Å². The Bertz CT molecular complexity index is 679. The van der Waals surface area contributed by atoms with Crippen LogP contribution < -0.4 is 4.74 Å². The number of hydrogen-bond donors (Lipinski definition) is 1. The first-order valence-electron chi connectivity index (χ1n) is 10.7. The highest BCUT2D eigenvalue weighted by Gasteiger charge is 2.52. The fraction of sp³-hybridized carbons (Fsp3) is 0.696. The smallest absolute Gasteiger partial charge is 0.233 e. The summed E-state index contributed by atoms with van der Waals surface area (Å²) in [7, 11) is 1.67. The van der Waals surface area contributed by atoms with Crippen LogP contribution in [0.25, 0.3) is 0 Å². The van der Waals surface area contributed by atoms with Gasteiger partial charge in [-0.05, 0) is 55.7 Å². The van der Waals surface area contributed by atoms with Crippen molar-refractivity contribution in [1.29, 1.82) is 0 Å². The first-order valence-corrected chi connectivity index (χ1v) is 10.7. The molecule has 4 nitrogen and oxygen atoms in total. The standard InChI is InChI=1S/C23H33NO3/c1-3-23(26)14-6-7-17-15-24(16-20(17)23)21(25)22(12-4-5-13-22)18-8-10-19(27-2)11-9-18/h8-11,17,20,26H,3-7,12-16H2,1-2H3/t17-,20+,23-/m0/s1. The first kappa shape index (κ1) is 18.8. The van der Waals surface area contributed by atoms with Crippen LogP contribution in [0.2, 0.25) is 0 Å². The van der Waals surface area contributed by atoms with E-state index in [-0.39, 0.29) is 17.2 Å². The lowest BCUT2D eigenvalue weighted by molar-refractivity contribution is -0.136. The van der Waals surface area contributed by atoms with Crippen LogP contribution in [-0.4, -0.2) is 41.7 Å². The molecule has 1 aliphatic heterocycles. The lowest BCUT2D eigenvalue weighted by Crippen LogP contribution is -2.46. The summed E-state index contributed by atoms with van der Waals surface area (Å²) >= 11 is 0. The second-order valence-corrected chi connectivity index (χ2v) is 8.94. The lowest BCUT2D eigenvalue weighted by atomic mass is 9.69. The van der Waals surface area contributed by atoms with Crippen molar-refractivity contribution >= 4 is 5.91 Å². The van der Waals surface area contributed by atoms with Gasteiger partial charge in [-0.2, -0.15) is 0 Å². The van der Waals surface area contributed by atoms with Gasteiger partial charge in [0.05, 0.1) is 18.1 Å². The van der Waals surface area contributed by atoms with E-state index in [1.54, 1.807) is 7.11 Å². The predicted octanol–water partition coefficient (Wildman–Crippen LogP) is 3.91. The molecule has 0 unspecified atom stereocenters. The van der Waals surface area contributed by atoms with E-state index in [2.05, 4.69) is 24.0 Å². The SMILES string of the molecule is CC[C@]1(O)CCC[C@H]2CN(C(=O)C3(c4ccc(OC)cc4)CCCC3)C[C@H]21. The van der Waals surface area contributed by atoms with Crippen molar-refractivity contribution in [3.63, 3.8) is 0 Å². The summed E-state index contributed by atoms with van der Waals surface area (Å²) in [6.07, 6.45) is 7.98. The molecule has 2 aliphatic carbocycles. The molecule has 1 heterocycles.